The number of nitrogens with zero attached hydrogens (tertiary/aromatic N) is 1. The monoisotopic (exact) mass is 258 g/mol. The zero-order valence-electron chi connectivity index (χ0n) is 9.74. The molecule has 0 aliphatic heterocycles. The zero-order valence-corrected chi connectivity index (χ0v) is 9.74. The molecule has 2 rings (SSSR count). The highest BCUT2D eigenvalue weighted by Crippen LogP contribution is 2.31. The van der Waals surface area contributed by atoms with E-state index in [1.807, 2.05) is 0 Å². The van der Waals surface area contributed by atoms with Gasteiger partial charge in [0.2, 0.25) is 5.91 Å². The van der Waals surface area contributed by atoms with E-state index in [1.54, 1.807) is 12.1 Å². The molecule has 96 valence electrons. The smallest absolute Gasteiger partial charge is 0.277 e. The molecular formula is C13H10N2O4. The Bertz CT molecular complexity index is 650. The van der Waals surface area contributed by atoms with Crippen LogP contribution in [0.5, 0.6) is 5.75 Å². The number of nitrogens with two attached hydrogens (primary N) is 1. The molecule has 3 N–H and O–H groups in total. The van der Waals surface area contributed by atoms with Crippen LogP contribution >= 0.6 is 0 Å². The van der Waals surface area contributed by atoms with Gasteiger partial charge in [-0.2, -0.15) is 0 Å². The number of nitro groups is 1. The SMILES string of the molecule is NC(=O)c1ccc(-c2ccc(O)cc2)c([N+](=O)[O-])c1. The van der Waals surface area contributed by atoms with Crippen LogP contribution in [0.3, 0.4) is 0 Å². The van der Waals surface area contributed by atoms with Crippen LogP contribution in [-0.4, -0.2) is 15.9 Å². The summed E-state index contributed by atoms with van der Waals surface area (Å²) in [6.45, 7) is 0. The molecule has 0 bridgehead atoms. The minimum absolute atomic E-state index is 0.0696. The lowest BCUT2D eigenvalue weighted by Crippen LogP contribution is -2.11. The van der Waals surface area contributed by atoms with E-state index in [1.165, 1.54) is 24.3 Å². The number of phenolic OH excluding ortho intramolecular Hbond substituents is 1. The van der Waals surface area contributed by atoms with Crippen molar-refractivity contribution >= 4 is 11.6 Å². The van der Waals surface area contributed by atoms with Crippen molar-refractivity contribution in [2.75, 3.05) is 0 Å². The molecule has 0 spiro atoms. The highest BCUT2D eigenvalue weighted by molar-refractivity contribution is 5.94. The third-order valence-electron chi connectivity index (χ3n) is 2.66. The molecule has 0 aromatic heterocycles. The van der Waals surface area contributed by atoms with Gasteiger partial charge in [-0.25, -0.2) is 0 Å². The Balaban J connectivity index is 2.59. The normalized spacial score (nSPS) is 10.1. The molecule has 6 heteroatoms. The van der Waals surface area contributed by atoms with Crippen molar-refractivity contribution in [1.82, 2.24) is 0 Å². The Hall–Kier alpha value is -2.89. The van der Waals surface area contributed by atoms with Crippen LogP contribution in [-0.2, 0) is 0 Å². The number of carbonyl (C=O) groups excluding carboxylic acids is 1. The van der Waals surface area contributed by atoms with Gasteiger partial charge in [0.1, 0.15) is 5.75 Å². The molecular weight excluding hydrogens is 248 g/mol. The minimum Gasteiger partial charge on any atom is -0.508 e. The number of amides is 1. The molecule has 6 nitrogen and oxygen atoms in total. The van der Waals surface area contributed by atoms with Crippen molar-refractivity contribution in [1.29, 1.82) is 0 Å². The van der Waals surface area contributed by atoms with Gasteiger partial charge >= 0.3 is 0 Å². The van der Waals surface area contributed by atoms with Crippen LogP contribution in [0, 0.1) is 10.1 Å². The van der Waals surface area contributed by atoms with Crippen LogP contribution < -0.4 is 5.73 Å². The summed E-state index contributed by atoms with van der Waals surface area (Å²) < 4.78 is 0. The maximum atomic E-state index is 11.0. The summed E-state index contributed by atoms with van der Waals surface area (Å²) in [5, 5.41) is 20.2. The van der Waals surface area contributed by atoms with Crippen LogP contribution in [0.1, 0.15) is 10.4 Å². The summed E-state index contributed by atoms with van der Waals surface area (Å²) in [5.41, 5.74) is 5.89. The lowest BCUT2D eigenvalue weighted by atomic mass is 10.0. The highest BCUT2D eigenvalue weighted by atomic mass is 16.6. The van der Waals surface area contributed by atoms with Gasteiger partial charge in [-0.15, -0.1) is 0 Å². The number of hydrogen-bond acceptors (Lipinski definition) is 4. The van der Waals surface area contributed by atoms with Gasteiger partial charge in [-0.1, -0.05) is 12.1 Å². The first-order chi connectivity index (χ1) is 8.99. The highest BCUT2D eigenvalue weighted by Gasteiger charge is 2.17. The third kappa shape index (κ3) is 2.52. The molecule has 0 aliphatic rings. The Morgan fingerprint density at radius 3 is 2.32 bits per heavy atom. The van der Waals surface area contributed by atoms with Crippen molar-refractivity contribution in [2.45, 2.75) is 0 Å². The van der Waals surface area contributed by atoms with Gasteiger partial charge < -0.3 is 10.8 Å². The van der Waals surface area contributed by atoms with Crippen molar-refractivity contribution < 1.29 is 14.8 Å². The summed E-state index contributed by atoms with van der Waals surface area (Å²) >= 11 is 0. The fourth-order valence-electron chi connectivity index (χ4n) is 1.72. The topological polar surface area (TPSA) is 106 Å². The molecule has 0 heterocycles. The van der Waals surface area contributed by atoms with E-state index in [9.17, 15) is 20.0 Å². The van der Waals surface area contributed by atoms with Crippen LogP contribution in [0.15, 0.2) is 42.5 Å². The van der Waals surface area contributed by atoms with E-state index in [2.05, 4.69) is 0 Å². The van der Waals surface area contributed by atoms with Gasteiger partial charge in [-0.05, 0) is 29.8 Å². The first-order valence-corrected chi connectivity index (χ1v) is 5.36. The fraction of sp³-hybridized carbons (Fsp3) is 0. The molecule has 2 aromatic rings. The van der Waals surface area contributed by atoms with Crippen molar-refractivity contribution in [3.05, 3.63) is 58.1 Å². The first kappa shape index (κ1) is 12.6. The average Bonchev–Trinajstić information content (AvgIpc) is 2.38. The number of hydrogen-bond donors (Lipinski definition) is 2. The van der Waals surface area contributed by atoms with E-state index < -0.39 is 10.8 Å². The van der Waals surface area contributed by atoms with E-state index in [-0.39, 0.29) is 17.0 Å². The van der Waals surface area contributed by atoms with E-state index >= 15 is 0 Å². The molecule has 0 atom stereocenters. The Labute approximate surface area is 108 Å². The molecule has 0 saturated carbocycles. The number of aromatic hydroxyl groups is 1. The quantitative estimate of drug-likeness (QED) is 0.649. The number of rotatable bonds is 3. The Kier molecular flexibility index (Phi) is 3.15. The predicted octanol–water partition coefficient (Wildman–Crippen LogP) is 2.07. The second kappa shape index (κ2) is 4.77. The van der Waals surface area contributed by atoms with Crippen molar-refractivity contribution in [3.8, 4) is 16.9 Å². The number of phenols is 1. The van der Waals surface area contributed by atoms with Gasteiger partial charge in [0, 0.05) is 11.6 Å². The van der Waals surface area contributed by atoms with Gasteiger partial charge in [0.15, 0.2) is 0 Å². The van der Waals surface area contributed by atoms with Gasteiger partial charge in [-0.3, -0.25) is 14.9 Å². The Morgan fingerprint density at radius 1 is 1.16 bits per heavy atom. The molecule has 0 unspecified atom stereocenters. The second-order valence-electron chi connectivity index (χ2n) is 3.90. The molecule has 1 amide bonds. The van der Waals surface area contributed by atoms with E-state index in [0.29, 0.717) is 11.1 Å². The number of carbonyl (C=O) groups is 1. The zero-order chi connectivity index (χ0) is 14.0. The minimum atomic E-state index is -0.722. The number of benzene rings is 2. The summed E-state index contributed by atoms with van der Waals surface area (Å²) in [6, 6.07) is 10.0. The van der Waals surface area contributed by atoms with Crippen LogP contribution in [0.2, 0.25) is 0 Å². The van der Waals surface area contributed by atoms with E-state index in [4.69, 9.17) is 5.73 Å². The molecule has 0 aliphatic carbocycles. The summed E-state index contributed by atoms with van der Waals surface area (Å²) in [7, 11) is 0. The van der Waals surface area contributed by atoms with E-state index in [0.717, 1.165) is 6.07 Å². The summed E-state index contributed by atoms with van der Waals surface area (Å²) in [4.78, 5) is 21.5. The van der Waals surface area contributed by atoms with Crippen LogP contribution in [0.4, 0.5) is 5.69 Å². The average molecular weight is 258 g/mol. The van der Waals surface area contributed by atoms with Crippen molar-refractivity contribution in [3.63, 3.8) is 0 Å². The largest absolute Gasteiger partial charge is 0.508 e. The Morgan fingerprint density at radius 2 is 1.79 bits per heavy atom. The van der Waals surface area contributed by atoms with Gasteiger partial charge in [0.25, 0.3) is 5.69 Å². The van der Waals surface area contributed by atoms with Crippen molar-refractivity contribution in [2.24, 2.45) is 5.73 Å². The molecule has 0 fully saturated rings. The molecule has 0 saturated heterocycles. The number of primary amides is 1. The summed E-state index contributed by atoms with van der Waals surface area (Å²) in [5.74, 6) is -0.652. The van der Waals surface area contributed by atoms with Crippen LogP contribution in [0.25, 0.3) is 11.1 Å². The maximum Gasteiger partial charge on any atom is 0.277 e. The number of nitro benzene ring substituents is 1. The molecule has 2 aromatic carbocycles. The first-order valence-electron chi connectivity index (χ1n) is 5.36. The fourth-order valence-corrected chi connectivity index (χ4v) is 1.72. The lowest BCUT2D eigenvalue weighted by molar-refractivity contribution is -0.384. The molecule has 0 radical (unpaired) electrons. The second-order valence-corrected chi connectivity index (χ2v) is 3.90. The third-order valence-corrected chi connectivity index (χ3v) is 2.66. The summed E-state index contributed by atoms with van der Waals surface area (Å²) in [6.07, 6.45) is 0. The predicted molar refractivity (Wildman–Crippen MR) is 68.7 cm³/mol. The van der Waals surface area contributed by atoms with Gasteiger partial charge in [0.05, 0.1) is 10.5 Å². The molecule has 19 heavy (non-hydrogen) atoms. The maximum absolute atomic E-state index is 11.0. The standard InChI is InChI=1S/C13H10N2O4/c14-13(17)9-3-6-11(12(7-9)15(18)19)8-1-4-10(16)5-2-8/h1-7,16H,(H2,14,17). The lowest BCUT2D eigenvalue weighted by Gasteiger charge is -2.05.